The largest absolute Gasteiger partial charge is 0.497 e. The van der Waals surface area contributed by atoms with Crippen LogP contribution in [-0.4, -0.2) is 7.11 Å². The van der Waals surface area contributed by atoms with Crippen LogP contribution in [0.1, 0.15) is 44.6 Å². The van der Waals surface area contributed by atoms with Gasteiger partial charge in [0.2, 0.25) is 0 Å². The molecule has 0 spiro atoms. The van der Waals surface area contributed by atoms with Gasteiger partial charge in [0, 0.05) is 0 Å². The van der Waals surface area contributed by atoms with Crippen molar-refractivity contribution in [2.75, 3.05) is 7.11 Å². The van der Waals surface area contributed by atoms with Crippen LogP contribution in [0.15, 0.2) is 42.5 Å². The van der Waals surface area contributed by atoms with Gasteiger partial charge in [-0.05, 0) is 73.4 Å². The van der Waals surface area contributed by atoms with E-state index in [0.29, 0.717) is 0 Å². The van der Waals surface area contributed by atoms with E-state index in [-0.39, 0.29) is 0 Å². The lowest BCUT2D eigenvalue weighted by molar-refractivity contribution is 0.304. The van der Waals surface area contributed by atoms with Crippen LogP contribution in [0.25, 0.3) is 6.08 Å². The van der Waals surface area contributed by atoms with Gasteiger partial charge in [-0.15, -0.1) is 0 Å². The molecule has 0 atom stereocenters. The molecular formula is C21H26O. The van der Waals surface area contributed by atoms with E-state index in [9.17, 15) is 0 Å². The standard InChI is InChI=1S/C21H26O/c1-3-18-10-12-19(13-11-18)8-6-4-5-7-9-20-14-16-21(22-2)17-15-20/h6-9,14-19H,3,10-13H2,1-2H3. The van der Waals surface area contributed by atoms with Gasteiger partial charge in [-0.2, -0.15) is 0 Å². The van der Waals surface area contributed by atoms with Crippen LogP contribution in [0, 0.1) is 23.7 Å². The Morgan fingerprint density at radius 3 is 2.36 bits per heavy atom. The van der Waals surface area contributed by atoms with Crippen molar-refractivity contribution in [3.8, 4) is 17.6 Å². The van der Waals surface area contributed by atoms with Crippen LogP contribution < -0.4 is 4.74 Å². The summed E-state index contributed by atoms with van der Waals surface area (Å²) in [6.45, 7) is 2.31. The molecule has 1 aliphatic rings. The second-order valence-electron chi connectivity index (χ2n) is 5.94. The van der Waals surface area contributed by atoms with E-state index in [4.69, 9.17) is 4.74 Å². The minimum absolute atomic E-state index is 0.739. The first-order valence-corrected chi connectivity index (χ1v) is 8.30. The lowest BCUT2D eigenvalue weighted by Crippen LogP contribution is -2.11. The molecule has 22 heavy (non-hydrogen) atoms. The zero-order valence-electron chi connectivity index (χ0n) is 13.7. The molecular weight excluding hydrogens is 268 g/mol. The fraction of sp³-hybridized carbons (Fsp3) is 0.429. The summed E-state index contributed by atoms with van der Waals surface area (Å²) < 4.78 is 5.14. The molecule has 1 aromatic carbocycles. The molecule has 1 aliphatic carbocycles. The van der Waals surface area contributed by atoms with Gasteiger partial charge >= 0.3 is 0 Å². The third-order valence-electron chi connectivity index (χ3n) is 4.48. The van der Waals surface area contributed by atoms with E-state index in [2.05, 4.69) is 24.8 Å². The number of hydrogen-bond acceptors (Lipinski definition) is 1. The average molecular weight is 294 g/mol. The Hall–Kier alpha value is -1.94. The molecule has 2 rings (SSSR count). The van der Waals surface area contributed by atoms with Gasteiger partial charge in [-0.3, -0.25) is 0 Å². The minimum Gasteiger partial charge on any atom is -0.497 e. The first-order chi connectivity index (χ1) is 10.8. The number of allylic oxidation sites excluding steroid dienone is 3. The van der Waals surface area contributed by atoms with Crippen molar-refractivity contribution < 1.29 is 4.74 Å². The number of methoxy groups -OCH3 is 1. The summed E-state index contributed by atoms with van der Waals surface area (Å²) in [5.41, 5.74) is 1.14. The molecule has 1 heteroatoms. The average Bonchev–Trinajstić information content (AvgIpc) is 2.59. The Morgan fingerprint density at radius 1 is 1.05 bits per heavy atom. The molecule has 0 amide bonds. The quantitative estimate of drug-likeness (QED) is 0.668. The summed E-state index contributed by atoms with van der Waals surface area (Å²) in [4.78, 5) is 0. The van der Waals surface area contributed by atoms with E-state index < -0.39 is 0 Å². The fourth-order valence-electron chi connectivity index (χ4n) is 2.92. The highest BCUT2D eigenvalue weighted by Crippen LogP contribution is 2.31. The highest BCUT2D eigenvalue weighted by Gasteiger charge is 2.17. The molecule has 1 aromatic rings. The molecule has 1 fully saturated rings. The molecule has 0 N–H and O–H groups in total. The summed E-state index contributed by atoms with van der Waals surface area (Å²) >= 11 is 0. The zero-order chi connectivity index (χ0) is 15.6. The topological polar surface area (TPSA) is 9.23 Å². The molecule has 0 aliphatic heterocycles. The number of benzene rings is 1. The van der Waals surface area contributed by atoms with Crippen molar-refractivity contribution in [1.82, 2.24) is 0 Å². The van der Waals surface area contributed by atoms with Crippen molar-refractivity contribution >= 4 is 6.08 Å². The van der Waals surface area contributed by atoms with E-state index in [1.165, 1.54) is 32.1 Å². The monoisotopic (exact) mass is 294 g/mol. The number of hydrogen-bond donors (Lipinski definition) is 0. The molecule has 1 nitrogen and oxygen atoms in total. The van der Waals surface area contributed by atoms with Gasteiger partial charge in [0.25, 0.3) is 0 Å². The van der Waals surface area contributed by atoms with Gasteiger partial charge in [0.1, 0.15) is 5.75 Å². The molecule has 0 radical (unpaired) electrons. The predicted molar refractivity (Wildman–Crippen MR) is 94.7 cm³/mol. The molecule has 116 valence electrons. The Morgan fingerprint density at radius 2 is 1.73 bits per heavy atom. The summed E-state index contributed by atoms with van der Waals surface area (Å²) in [7, 11) is 1.68. The molecule has 0 aromatic heterocycles. The van der Waals surface area contributed by atoms with Crippen molar-refractivity contribution in [1.29, 1.82) is 0 Å². The summed E-state index contributed by atoms with van der Waals surface area (Å²) in [6.07, 6.45) is 15.0. The molecule has 0 saturated heterocycles. The first-order valence-electron chi connectivity index (χ1n) is 8.30. The van der Waals surface area contributed by atoms with Crippen LogP contribution >= 0.6 is 0 Å². The second kappa shape index (κ2) is 9.15. The van der Waals surface area contributed by atoms with Gasteiger partial charge in [0.05, 0.1) is 7.11 Å². The lowest BCUT2D eigenvalue weighted by Gasteiger charge is -2.25. The predicted octanol–water partition coefficient (Wildman–Crippen LogP) is 5.48. The van der Waals surface area contributed by atoms with Crippen molar-refractivity contribution in [2.24, 2.45) is 11.8 Å². The SMILES string of the molecule is CCC1CCC(C=CC#CC=Cc2ccc(OC)cc2)CC1. The van der Waals surface area contributed by atoms with Crippen LogP contribution in [0.2, 0.25) is 0 Å². The maximum Gasteiger partial charge on any atom is 0.118 e. The van der Waals surface area contributed by atoms with Gasteiger partial charge < -0.3 is 4.74 Å². The van der Waals surface area contributed by atoms with E-state index in [1.54, 1.807) is 7.11 Å². The Kier molecular flexibility index (Phi) is 6.84. The highest BCUT2D eigenvalue weighted by atomic mass is 16.5. The third kappa shape index (κ3) is 5.45. The second-order valence-corrected chi connectivity index (χ2v) is 5.94. The normalized spacial score (nSPS) is 21.7. The van der Waals surface area contributed by atoms with Gasteiger partial charge in [-0.25, -0.2) is 0 Å². The van der Waals surface area contributed by atoms with E-state index >= 15 is 0 Å². The maximum absolute atomic E-state index is 5.14. The van der Waals surface area contributed by atoms with Crippen LogP contribution in [-0.2, 0) is 0 Å². The highest BCUT2D eigenvalue weighted by molar-refractivity contribution is 5.54. The van der Waals surface area contributed by atoms with Crippen LogP contribution in [0.4, 0.5) is 0 Å². The first kappa shape index (κ1) is 16.4. The Balaban J connectivity index is 1.76. The van der Waals surface area contributed by atoms with Crippen molar-refractivity contribution in [3.05, 3.63) is 48.1 Å². The summed E-state index contributed by atoms with van der Waals surface area (Å²) in [5, 5.41) is 0. The lowest BCUT2D eigenvalue weighted by atomic mass is 9.81. The molecule has 0 heterocycles. The zero-order valence-corrected chi connectivity index (χ0v) is 13.7. The van der Waals surface area contributed by atoms with Gasteiger partial charge in [0.15, 0.2) is 0 Å². The molecule has 0 unspecified atom stereocenters. The maximum atomic E-state index is 5.14. The molecule has 1 saturated carbocycles. The third-order valence-corrected chi connectivity index (χ3v) is 4.48. The van der Waals surface area contributed by atoms with Crippen molar-refractivity contribution in [2.45, 2.75) is 39.0 Å². The molecule has 0 bridgehead atoms. The Bertz CT molecular complexity index is 546. The van der Waals surface area contributed by atoms with Crippen molar-refractivity contribution in [3.63, 3.8) is 0 Å². The smallest absolute Gasteiger partial charge is 0.118 e. The van der Waals surface area contributed by atoms with E-state index in [0.717, 1.165) is 23.1 Å². The van der Waals surface area contributed by atoms with Crippen LogP contribution in [0.3, 0.4) is 0 Å². The van der Waals surface area contributed by atoms with Crippen LogP contribution in [0.5, 0.6) is 5.75 Å². The summed E-state index contributed by atoms with van der Waals surface area (Å²) in [6, 6.07) is 7.97. The number of ether oxygens (including phenoxy) is 1. The van der Waals surface area contributed by atoms with Gasteiger partial charge in [-0.1, -0.05) is 43.4 Å². The van der Waals surface area contributed by atoms with E-state index in [1.807, 2.05) is 42.5 Å². The Labute approximate surface area is 135 Å². The summed E-state index contributed by atoms with van der Waals surface area (Å²) in [5.74, 6) is 8.76. The number of rotatable bonds is 4. The minimum atomic E-state index is 0.739. The fourth-order valence-corrected chi connectivity index (χ4v) is 2.92.